The average molecular weight is 423 g/mol. The van der Waals surface area contributed by atoms with Gasteiger partial charge in [-0.2, -0.15) is 0 Å². The summed E-state index contributed by atoms with van der Waals surface area (Å²) >= 11 is 7.38. The van der Waals surface area contributed by atoms with E-state index in [9.17, 15) is 9.59 Å². The van der Waals surface area contributed by atoms with Gasteiger partial charge in [-0.15, -0.1) is 0 Å². The van der Waals surface area contributed by atoms with Crippen LogP contribution < -0.4 is 14.8 Å². The third-order valence-electron chi connectivity index (χ3n) is 3.62. The number of thioether (sulfide) groups is 1. The Labute approximate surface area is 174 Å². The minimum atomic E-state index is -0.327. The van der Waals surface area contributed by atoms with Crippen molar-refractivity contribution >= 4 is 40.2 Å². The zero-order chi connectivity index (χ0) is 20.7. The van der Waals surface area contributed by atoms with Gasteiger partial charge in [0.2, 0.25) is 0 Å². The normalized spacial score (nSPS) is 10.3. The summed E-state index contributed by atoms with van der Waals surface area (Å²) in [7, 11) is 4.89. The Morgan fingerprint density at radius 3 is 2.43 bits per heavy atom. The largest absolute Gasteiger partial charge is 0.493 e. The van der Waals surface area contributed by atoms with Crippen LogP contribution in [0, 0.1) is 0 Å². The topological polar surface area (TPSA) is 67.9 Å². The highest BCUT2D eigenvalue weighted by Gasteiger charge is 2.16. The van der Waals surface area contributed by atoms with Crippen molar-refractivity contribution in [1.29, 1.82) is 0 Å². The van der Waals surface area contributed by atoms with Crippen molar-refractivity contribution in [2.75, 3.05) is 33.1 Å². The maximum atomic E-state index is 12.6. The van der Waals surface area contributed by atoms with Crippen molar-refractivity contribution in [2.24, 2.45) is 0 Å². The van der Waals surface area contributed by atoms with Gasteiger partial charge in [0.25, 0.3) is 11.1 Å². The summed E-state index contributed by atoms with van der Waals surface area (Å²) in [5.41, 5.74) is 0.958. The molecule has 150 valence electrons. The van der Waals surface area contributed by atoms with Crippen molar-refractivity contribution in [1.82, 2.24) is 4.90 Å². The first-order chi connectivity index (χ1) is 13.3. The molecule has 0 saturated carbocycles. The van der Waals surface area contributed by atoms with Gasteiger partial charge >= 0.3 is 0 Å². The molecule has 0 atom stereocenters. The van der Waals surface area contributed by atoms with E-state index >= 15 is 0 Å². The van der Waals surface area contributed by atoms with E-state index in [1.165, 1.54) is 12.0 Å². The molecule has 2 rings (SSSR count). The molecule has 0 heterocycles. The van der Waals surface area contributed by atoms with Crippen molar-refractivity contribution in [3.8, 4) is 11.5 Å². The van der Waals surface area contributed by atoms with E-state index in [4.69, 9.17) is 21.1 Å². The zero-order valence-corrected chi connectivity index (χ0v) is 17.8. The number of carbonyl (C=O) groups is 2. The standard InChI is InChI=1S/C20H23ClN2O4S/c1-5-10-27-18-16(21)11-13(12-17(18)26-4)19(24)22-14-6-8-15(9-7-14)28-20(25)23(2)3/h6-9,11-12H,5,10H2,1-4H3,(H,22,24). The number of rotatable bonds is 7. The number of hydrogen-bond donors (Lipinski definition) is 1. The van der Waals surface area contributed by atoms with E-state index in [1.54, 1.807) is 50.5 Å². The molecule has 28 heavy (non-hydrogen) atoms. The summed E-state index contributed by atoms with van der Waals surface area (Å²) in [6.07, 6.45) is 0.830. The highest BCUT2D eigenvalue weighted by molar-refractivity contribution is 8.13. The number of ether oxygens (including phenoxy) is 2. The van der Waals surface area contributed by atoms with Gasteiger partial charge in [0.05, 0.1) is 18.7 Å². The van der Waals surface area contributed by atoms with E-state index in [0.29, 0.717) is 34.4 Å². The van der Waals surface area contributed by atoms with Crippen molar-refractivity contribution in [2.45, 2.75) is 18.2 Å². The molecule has 0 aliphatic rings. The molecule has 0 aromatic heterocycles. The van der Waals surface area contributed by atoms with Crippen LogP contribution in [0.4, 0.5) is 10.5 Å². The SMILES string of the molecule is CCCOc1c(Cl)cc(C(=O)Nc2ccc(SC(=O)N(C)C)cc2)cc1OC. The van der Waals surface area contributed by atoms with Crippen molar-refractivity contribution in [3.05, 3.63) is 47.0 Å². The molecule has 2 amide bonds. The molecule has 0 spiro atoms. The molecular formula is C20H23ClN2O4S. The number of nitrogens with one attached hydrogen (secondary N) is 1. The lowest BCUT2D eigenvalue weighted by atomic mass is 10.1. The second-order valence-corrected chi connectivity index (χ2v) is 7.51. The molecule has 0 unspecified atom stereocenters. The van der Waals surface area contributed by atoms with Gasteiger partial charge in [-0.1, -0.05) is 18.5 Å². The number of carbonyl (C=O) groups excluding carboxylic acids is 2. The van der Waals surface area contributed by atoms with Crippen LogP contribution in [-0.2, 0) is 0 Å². The maximum absolute atomic E-state index is 12.6. The number of benzene rings is 2. The van der Waals surface area contributed by atoms with Gasteiger partial charge < -0.3 is 19.7 Å². The third-order valence-corrected chi connectivity index (χ3v) is 4.95. The summed E-state index contributed by atoms with van der Waals surface area (Å²) in [6, 6.07) is 10.2. The van der Waals surface area contributed by atoms with E-state index in [2.05, 4.69) is 5.32 Å². The van der Waals surface area contributed by atoms with Crippen molar-refractivity contribution in [3.63, 3.8) is 0 Å². The summed E-state index contributed by atoms with van der Waals surface area (Å²) in [5, 5.41) is 3.05. The number of amides is 2. The summed E-state index contributed by atoms with van der Waals surface area (Å²) in [6.45, 7) is 2.49. The van der Waals surface area contributed by atoms with E-state index in [0.717, 1.165) is 23.1 Å². The highest BCUT2D eigenvalue weighted by Crippen LogP contribution is 2.36. The molecule has 0 aliphatic carbocycles. The molecule has 0 radical (unpaired) electrons. The fourth-order valence-electron chi connectivity index (χ4n) is 2.20. The smallest absolute Gasteiger partial charge is 0.285 e. The number of nitrogens with zero attached hydrogens (tertiary/aromatic N) is 1. The molecule has 2 aromatic rings. The fourth-order valence-corrected chi connectivity index (χ4v) is 3.12. The molecular weight excluding hydrogens is 400 g/mol. The lowest BCUT2D eigenvalue weighted by Crippen LogP contribution is -2.16. The van der Waals surface area contributed by atoms with Gasteiger partial charge in [-0.25, -0.2) is 0 Å². The molecule has 6 nitrogen and oxygen atoms in total. The Balaban J connectivity index is 2.12. The van der Waals surface area contributed by atoms with Gasteiger partial charge in [0.1, 0.15) is 0 Å². The lowest BCUT2D eigenvalue weighted by molar-refractivity contribution is 0.102. The first-order valence-corrected chi connectivity index (χ1v) is 9.86. The van der Waals surface area contributed by atoms with Gasteiger partial charge in [0, 0.05) is 30.2 Å². The number of halogens is 1. The van der Waals surface area contributed by atoms with Crippen LogP contribution in [0.5, 0.6) is 11.5 Å². The van der Waals surface area contributed by atoms with Crippen LogP contribution in [0.1, 0.15) is 23.7 Å². The Morgan fingerprint density at radius 1 is 1.18 bits per heavy atom. The van der Waals surface area contributed by atoms with Crippen LogP contribution in [0.25, 0.3) is 0 Å². The summed E-state index contributed by atoms with van der Waals surface area (Å²) in [5.74, 6) is 0.501. The quantitative estimate of drug-likeness (QED) is 0.624. The second-order valence-electron chi connectivity index (χ2n) is 6.08. The van der Waals surface area contributed by atoms with Crippen LogP contribution in [0.2, 0.25) is 5.02 Å². The molecule has 2 aromatic carbocycles. The van der Waals surface area contributed by atoms with Gasteiger partial charge in [0.15, 0.2) is 11.5 Å². The minimum Gasteiger partial charge on any atom is -0.493 e. The molecule has 0 bridgehead atoms. The monoisotopic (exact) mass is 422 g/mol. The Bertz CT molecular complexity index is 841. The molecule has 0 fully saturated rings. The van der Waals surface area contributed by atoms with Crippen LogP contribution >= 0.6 is 23.4 Å². The van der Waals surface area contributed by atoms with E-state index in [-0.39, 0.29) is 11.1 Å². The van der Waals surface area contributed by atoms with E-state index in [1.807, 2.05) is 6.92 Å². The molecule has 1 N–H and O–H groups in total. The highest BCUT2D eigenvalue weighted by atomic mass is 35.5. The Kier molecular flexibility index (Phi) is 8.02. The summed E-state index contributed by atoms with van der Waals surface area (Å²) < 4.78 is 10.9. The number of hydrogen-bond acceptors (Lipinski definition) is 5. The fraction of sp³-hybridized carbons (Fsp3) is 0.300. The lowest BCUT2D eigenvalue weighted by Gasteiger charge is -2.14. The number of anilines is 1. The predicted octanol–water partition coefficient (Wildman–Crippen LogP) is 5.16. The Hall–Kier alpha value is -2.38. The third kappa shape index (κ3) is 5.81. The first kappa shape index (κ1) is 21.9. The minimum absolute atomic E-state index is 0.0658. The van der Waals surface area contributed by atoms with Crippen LogP contribution in [0.15, 0.2) is 41.3 Å². The van der Waals surface area contributed by atoms with Gasteiger partial charge in [-0.3, -0.25) is 9.59 Å². The van der Waals surface area contributed by atoms with Crippen molar-refractivity contribution < 1.29 is 19.1 Å². The first-order valence-electron chi connectivity index (χ1n) is 8.66. The average Bonchev–Trinajstić information content (AvgIpc) is 2.67. The second kappa shape index (κ2) is 10.2. The van der Waals surface area contributed by atoms with E-state index < -0.39 is 0 Å². The zero-order valence-electron chi connectivity index (χ0n) is 16.2. The summed E-state index contributed by atoms with van der Waals surface area (Å²) in [4.78, 5) is 26.6. The van der Waals surface area contributed by atoms with Gasteiger partial charge in [-0.05, 0) is 54.6 Å². The molecule has 8 heteroatoms. The molecule has 0 aliphatic heterocycles. The van der Waals surface area contributed by atoms with Crippen LogP contribution in [-0.4, -0.2) is 43.9 Å². The predicted molar refractivity (Wildman–Crippen MR) is 113 cm³/mol. The Morgan fingerprint density at radius 2 is 1.86 bits per heavy atom. The number of methoxy groups -OCH3 is 1. The maximum Gasteiger partial charge on any atom is 0.285 e. The van der Waals surface area contributed by atoms with Crippen LogP contribution in [0.3, 0.4) is 0 Å². The molecule has 0 saturated heterocycles.